The molecule has 0 fully saturated rings. The number of carbonyl (C=O) groups excluding carboxylic acids is 1. The second kappa shape index (κ2) is 6.13. The Morgan fingerprint density at radius 1 is 1.12 bits per heavy atom. The van der Waals surface area contributed by atoms with Crippen LogP contribution in [0.3, 0.4) is 0 Å². The van der Waals surface area contributed by atoms with E-state index in [1.165, 1.54) is 15.8 Å². The van der Waals surface area contributed by atoms with Gasteiger partial charge in [0, 0.05) is 18.9 Å². The van der Waals surface area contributed by atoms with Gasteiger partial charge in [-0.1, -0.05) is 48.6 Å². The van der Waals surface area contributed by atoms with Gasteiger partial charge < -0.3 is 0 Å². The van der Waals surface area contributed by atoms with Crippen molar-refractivity contribution in [3.8, 4) is 0 Å². The average molecular weight is 330 g/mol. The van der Waals surface area contributed by atoms with Gasteiger partial charge in [0.05, 0.1) is 17.5 Å². The van der Waals surface area contributed by atoms with E-state index < -0.39 is 0 Å². The number of hydrogen-bond donors (Lipinski definition) is 0. The Bertz CT molecular complexity index is 1080. The summed E-state index contributed by atoms with van der Waals surface area (Å²) in [5.41, 5.74) is 4.04. The predicted molar refractivity (Wildman–Crippen MR) is 98.6 cm³/mol. The minimum absolute atomic E-state index is 0.0956. The number of carbonyl (C=O) groups is 1. The molecule has 0 atom stereocenters. The lowest BCUT2D eigenvalue weighted by atomic mass is 10.00. The molecule has 0 bridgehead atoms. The van der Waals surface area contributed by atoms with Crippen molar-refractivity contribution in [3.63, 3.8) is 0 Å². The van der Waals surface area contributed by atoms with Crippen LogP contribution in [-0.2, 0) is 31.1 Å². The number of Topliss-reactive ketones (excluding diaryl/α,β-unsaturated/α-hetero) is 1. The quantitative estimate of drug-likeness (QED) is 0.739. The monoisotopic (exact) mass is 330 g/mol. The maximum Gasteiger partial charge on any atom is 0.274 e. The van der Waals surface area contributed by atoms with Crippen molar-refractivity contribution in [2.75, 3.05) is 0 Å². The molecule has 1 aliphatic carbocycles. The molecular weight excluding hydrogens is 312 g/mol. The summed E-state index contributed by atoms with van der Waals surface area (Å²) in [6, 6.07) is 13.5. The predicted octanol–water partition coefficient (Wildman–Crippen LogP) is 2.86. The van der Waals surface area contributed by atoms with E-state index in [2.05, 4.69) is 29.4 Å². The van der Waals surface area contributed by atoms with Crippen molar-refractivity contribution in [1.29, 1.82) is 0 Å². The fraction of sp³-hybridized carbons (Fsp3) is 0.190. The molecule has 0 aliphatic heterocycles. The van der Waals surface area contributed by atoms with Gasteiger partial charge in [0.2, 0.25) is 0 Å². The summed E-state index contributed by atoms with van der Waals surface area (Å²) in [4.78, 5) is 24.8. The molecule has 25 heavy (non-hydrogen) atoms. The first-order chi connectivity index (χ1) is 12.1. The third kappa shape index (κ3) is 2.91. The standard InChI is InChI=1S/C21H18N2O2/c1-23-21(25)19-8-3-2-7-18(19)20(22-23)13-17(24)12-14-9-10-15-5-4-6-16(15)11-14/h2-4,6-11H,5,12-13H2,1H3. The molecule has 3 aromatic rings. The van der Waals surface area contributed by atoms with Crippen LogP contribution in [0.5, 0.6) is 0 Å². The van der Waals surface area contributed by atoms with Crippen LogP contribution in [0.25, 0.3) is 16.8 Å². The highest BCUT2D eigenvalue weighted by atomic mass is 16.1. The highest BCUT2D eigenvalue weighted by Crippen LogP contribution is 2.21. The van der Waals surface area contributed by atoms with Gasteiger partial charge in [-0.3, -0.25) is 9.59 Å². The topological polar surface area (TPSA) is 52.0 Å². The minimum atomic E-state index is -0.141. The lowest BCUT2D eigenvalue weighted by molar-refractivity contribution is -0.117. The van der Waals surface area contributed by atoms with Crippen molar-refractivity contribution in [2.45, 2.75) is 19.3 Å². The number of hydrogen-bond acceptors (Lipinski definition) is 3. The third-order valence-electron chi connectivity index (χ3n) is 4.64. The van der Waals surface area contributed by atoms with Crippen LogP contribution in [0.4, 0.5) is 0 Å². The molecule has 0 amide bonds. The number of aromatic nitrogens is 2. The molecule has 0 spiro atoms. The number of aryl methyl sites for hydroxylation is 1. The zero-order chi connectivity index (χ0) is 17.4. The summed E-state index contributed by atoms with van der Waals surface area (Å²) in [7, 11) is 1.62. The second-order valence-electron chi connectivity index (χ2n) is 6.45. The lowest BCUT2D eigenvalue weighted by Gasteiger charge is -2.08. The molecule has 4 heteroatoms. The van der Waals surface area contributed by atoms with Crippen LogP contribution in [0.1, 0.15) is 22.4 Å². The van der Waals surface area contributed by atoms with E-state index in [0.29, 0.717) is 17.5 Å². The van der Waals surface area contributed by atoms with E-state index in [0.717, 1.165) is 17.4 Å². The van der Waals surface area contributed by atoms with Gasteiger partial charge in [0.15, 0.2) is 0 Å². The molecule has 2 aromatic carbocycles. The zero-order valence-electron chi connectivity index (χ0n) is 14.0. The Balaban J connectivity index is 1.61. The van der Waals surface area contributed by atoms with Crippen LogP contribution >= 0.6 is 0 Å². The number of benzene rings is 2. The number of ketones is 1. The molecule has 0 saturated heterocycles. The van der Waals surface area contributed by atoms with Crippen LogP contribution < -0.4 is 5.56 Å². The lowest BCUT2D eigenvalue weighted by Crippen LogP contribution is -2.22. The van der Waals surface area contributed by atoms with E-state index in [1.807, 2.05) is 24.3 Å². The smallest absolute Gasteiger partial charge is 0.274 e. The molecule has 124 valence electrons. The molecule has 1 aliphatic rings. The minimum Gasteiger partial charge on any atom is -0.299 e. The van der Waals surface area contributed by atoms with Gasteiger partial charge in [-0.05, 0) is 29.2 Å². The van der Waals surface area contributed by atoms with E-state index in [1.54, 1.807) is 13.1 Å². The van der Waals surface area contributed by atoms with Crippen LogP contribution in [0.15, 0.2) is 53.3 Å². The summed E-state index contributed by atoms with van der Waals surface area (Å²) in [6.07, 6.45) is 5.81. The van der Waals surface area contributed by atoms with Gasteiger partial charge in [-0.15, -0.1) is 0 Å². The van der Waals surface area contributed by atoms with E-state index in [-0.39, 0.29) is 17.8 Å². The summed E-state index contributed by atoms with van der Waals surface area (Å²) < 4.78 is 1.31. The first-order valence-corrected chi connectivity index (χ1v) is 8.37. The summed E-state index contributed by atoms with van der Waals surface area (Å²) in [5.74, 6) is 0.0956. The van der Waals surface area contributed by atoms with Crippen LogP contribution in [0.2, 0.25) is 0 Å². The van der Waals surface area contributed by atoms with Crippen LogP contribution in [-0.4, -0.2) is 15.6 Å². The number of allylic oxidation sites excluding steroid dienone is 1. The Hall–Kier alpha value is -3.01. The van der Waals surface area contributed by atoms with Gasteiger partial charge in [0.1, 0.15) is 5.78 Å². The SMILES string of the molecule is Cn1nc(CC(=O)Cc2ccc3c(c2)C=CC3)c2ccccc2c1=O. The largest absolute Gasteiger partial charge is 0.299 e. The normalized spacial score (nSPS) is 12.5. The second-order valence-corrected chi connectivity index (χ2v) is 6.45. The molecular formula is C21H18N2O2. The van der Waals surface area contributed by atoms with Gasteiger partial charge in [-0.2, -0.15) is 5.10 Å². The van der Waals surface area contributed by atoms with Crippen molar-refractivity contribution >= 4 is 22.6 Å². The maximum atomic E-state index is 12.6. The van der Waals surface area contributed by atoms with Gasteiger partial charge in [0.25, 0.3) is 5.56 Å². The summed E-state index contributed by atoms with van der Waals surface area (Å²) in [5, 5.41) is 5.67. The Morgan fingerprint density at radius 3 is 2.76 bits per heavy atom. The first kappa shape index (κ1) is 15.5. The molecule has 1 aromatic heterocycles. The molecule has 1 heterocycles. The molecule has 0 radical (unpaired) electrons. The molecule has 0 unspecified atom stereocenters. The fourth-order valence-electron chi connectivity index (χ4n) is 3.39. The average Bonchev–Trinajstić information content (AvgIpc) is 3.07. The number of nitrogens with zero attached hydrogens (tertiary/aromatic N) is 2. The molecule has 4 nitrogen and oxygen atoms in total. The van der Waals surface area contributed by atoms with Crippen molar-refractivity contribution in [1.82, 2.24) is 9.78 Å². The van der Waals surface area contributed by atoms with Gasteiger partial charge in [-0.25, -0.2) is 4.68 Å². The number of fused-ring (bicyclic) bond motifs is 2. The zero-order valence-corrected chi connectivity index (χ0v) is 14.0. The highest BCUT2D eigenvalue weighted by molar-refractivity contribution is 5.90. The fourth-order valence-corrected chi connectivity index (χ4v) is 3.39. The van der Waals surface area contributed by atoms with Gasteiger partial charge >= 0.3 is 0 Å². The third-order valence-corrected chi connectivity index (χ3v) is 4.64. The van der Waals surface area contributed by atoms with E-state index in [4.69, 9.17) is 0 Å². The highest BCUT2D eigenvalue weighted by Gasteiger charge is 2.14. The first-order valence-electron chi connectivity index (χ1n) is 8.37. The van der Waals surface area contributed by atoms with Crippen molar-refractivity contribution in [3.05, 3.63) is 81.3 Å². The Kier molecular flexibility index (Phi) is 3.80. The van der Waals surface area contributed by atoms with Crippen molar-refractivity contribution in [2.24, 2.45) is 7.05 Å². The maximum absolute atomic E-state index is 12.6. The van der Waals surface area contributed by atoms with Crippen molar-refractivity contribution < 1.29 is 4.79 Å². The molecule has 0 saturated carbocycles. The molecule has 4 rings (SSSR count). The van der Waals surface area contributed by atoms with E-state index in [9.17, 15) is 9.59 Å². The summed E-state index contributed by atoms with van der Waals surface area (Å²) in [6.45, 7) is 0. The van der Waals surface area contributed by atoms with Crippen LogP contribution in [0, 0.1) is 0 Å². The molecule has 0 N–H and O–H groups in total. The summed E-state index contributed by atoms with van der Waals surface area (Å²) >= 11 is 0. The van der Waals surface area contributed by atoms with E-state index >= 15 is 0 Å². The number of rotatable bonds is 4. The Labute approximate surface area is 145 Å². The Morgan fingerprint density at radius 2 is 1.92 bits per heavy atom.